The fourth-order valence-corrected chi connectivity index (χ4v) is 3.38. The standard InChI is InChI=1S/C21H25NO3S.C2H6/c1-16(19-11-7-4-8-12-19)13-20(15-26-17(2)23)21(24)22-25-14-18-9-5-3-6-10-18;1-2/h3-12,16,20H,13-15H2,1-2H3,(H,22,24);1-2H3. The first-order chi connectivity index (χ1) is 13.6. The van der Waals surface area contributed by atoms with Gasteiger partial charge in [-0.2, -0.15) is 0 Å². The van der Waals surface area contributed by atoms with E-state index in [1.165, 1.54) is 24.2 Å². The normalized spacial score (nSPS) is 12.3. The van der Waals surface area contributed by atoms with E-state index in [2.05, 4.69) is 24.5 Å². The van der Waals surface area contributed by atoms with Crippen molar-refractivity contribution in [1.82, 2.24) is 5.48 Å². The number of nitrogens with one attached hydrogen (secondary N) is 1. The summed E-state index contributed by atoms with van der Waals surface area (Å²) in [5.74, 6) is 0.188. The maximum atomic E-state index is 12.6. The van der Waals surface area contributed by atoms with Gasteiger partial charge in [-0.15, -0.1) is 0 Å². The lowest BCUT2D eigenvalue weighted by molar-refractivity contribution is -0.138. The van der Waals surface area contributed by atoms with Crippen molar-refractivity contribution < 1.29 is 14.4 Å². The second-order valence-electron chi connectivity index (χ2n) is 6.29. The summed E-state index contributed by atoms with van der Waals surface area (Å²) in [6.07, 6.45) is 0.658. The van der Waals surface area contributed by atoms with Crippen LogP contribution in [0.15, 0.2) is 60.7 Å². The average molecular weight is 402 g/mol. The van der Waals surface area contributed by atoms with Gasteiger partial charge in [0, 0.05) is 12.7 Å². The molecule has 2 unspecified atom stereocenters. The molecule has 5 heteroatoms. The second-order valence-corrected chi connectivity index (χ2v) is 7.48. The number of carbonyl (C=O) groups excluding carboxylic acids is 2. The highest BCUT2D eigenvalue weighted by atomic mass is 32.2. The van der Waals surface area contributed by atoms with E-state index < -0.39 is 0 Å². The second kappa shape index (κ2) is 14.0. The van der Waals surface area contributed by atoms with E-state index in [-0.39, 0.29) is 22.9 Å². The van der Waals surface area contributed by atoms with Gasteiger partial charge in [0.2, 0.25) is 5.91 Å². The first-order valence-corrected chi connectivity index (χ1v) is 10.7. The summed E-state index contributed by atoms with van der Waals surface area (Å²) in [6.45, 7) is 7.93. The molecule has 2 atom stereocenters. The average Bonchev–Trinajstić information content (AvgIpc) is 2.73. The predicted octanol–water partition coefficient (Wildman–Crippen LogP) is 5.35. The number of amides is 1. The Bertz CT molecular complexity index is 692. The number of hydroxylamine groups is 1. The third kappa shape index (κ3) is 9.20. The lowest BCUT2D eigenvalue weighted by Gasteiger charge is -2.20. The van der Waals surface area contributed by atoms with E-state index in [9.17, 15) is 9.59 Å². The minimum Gasteiger partial charge on any atom is -0.288 e. The van der Waals surface area contributed by atoms with Crippen LogP contribution in [0.25, 0.3) is 0 Å². The molecule has 0 aromatic heterocycles. The molecular weight excluding hydrogens is 370 g/mol. The summed E-state index contributed by atoms with van der Waals surface area (Å²) >= 11 is 1.18. The van der Waals surface area contributed by atoms with Crippen LogP contribution in [0.2, 0.25) is 0 Å². The van der Waals surface area contributed by atoms with Crippen molar-refractivity contribution >= 4 is 22.8 Å². The molecule has 0 aliphatic rings. The molecule has 0 radical (unpaired) electrons. The number of hydrogen-bond donors (Lipinski definition) is 1. The van der Waals surface area contributed by atoms with Crippen molar-refractivity contribution in [2.24, 2.45) is 5.92 Å². The van der Waals surface area contributed by atoms with Crippen LogP contribution in [0.3, 0.4) is 0 Å². The van der Waals surface area contributed by atoms with E-state index in [4.69, 9.17) is 4.84 Å². The molecular formula is C23H31NO3S. The van der Waals surface area contributed by atoms with Gasteiger partial charge in [-0.3, -0.25) is 14.4 Å². The Hall–Kier alpha value is -2.11. The third-order valence-electron chi connectivity index (χ3n) is 4.12. The number of benzene rings is 2. The van der Waals surface area contributed by atoms with E-state index in [0.29, 0.717) is 18.8 Å². The Balaban J connectivity index is 0.00000190. The highest BCUT2D eigenvalue weighted by molar-refractivity contribution is 8.13. The van der Waals surface area contributed by atoms with E-state index >= 15 is 0 Å². The summed E-state index contributed by atoms with van der Waals surface area (Å²) in [5.41, 5.74) is 4.72. The predicted molar refractivity (Wildman–Crippen MR) is 117 cm³/mol. The minimum absolute atomic E-state index is 0.0142. The third-order valence-corrected chi connectivity index (χ3v) is 5.10. The number of hydrogen-bond acceptors (Lipinski definition) is 4. The molecule has 0 saturated carbocycles. The number of rotatable bonds is 9. The fourth-order valence-electron chi connectivity index (χ4n) is 2.66. The zero-order chi connectivity index (χ0) is 20.8. The van der Waals surface area contributed by atoms with Crippen LogP contribution in [0.1, 0.15) is 51.2 Å². The van der Waals surface area contributed by atoms with E-state index in [1.54, 1.807) is 0 Å². The molecule has 2 aromatic rings. The molecule has 0 aliphatic heterocycles. The first-order valence-electron chi connectivity index (χ1n) is 9.70. The van der Waals surface area contributed by atoms with Crippen molar-refractivity contribution in [2.75, 3.05) is 5.75 Å². The topological polar surface area (TPSA) is 55.4 Å². The first kappa shape index (κ1) is 23.9. The van der Waals surface area contributed by atoms with Crippen molar-refractivity contribution in [3.8, 4) is 0 Å². The van der Waals surface area contributed by atoms with Crippen molar-refractivity contribution in [1.29, 1.82) is 0 Å². The van der Waals surface area contributed by atoms with Crippen LogP contribution in [-0.2, 0) is 21.0 Å². The van der Waals surface area contributed by atoms with Gasteiger partial charge in [-0.05, 0) is 23.5 Å². The lowest BCUT2D eigenvalue weighted by atomic mass is 9.91. The van der Waals surface area contributed by atoms with Crippen LogP contribution >= 0.6 is 11.8 Å². The molecule has 152 valence electrons. The maximum absolute atomic E-state index is 12.6. The summed E-state index contributed by atoms with van der Waals surface area (Å²) in [7, 11) is 0. The molecule has 1 N–H and O–H groups in total. The molecule has 28 heavy (non-hydrogen) atoms. The molecule has 0 saturated heterocycles. The van der Waals surface area contributed by atoms with Gasteiger partial charge in [0.25, 0.3) is 0 Å². The minimum atomic E-state index is -0.296. The molecule has 2 aromatic carbocycles. The smallest absolute Gasteiger partial charge is 0.247 e. The summed E-state index contributed by atoms with van der Waals surface area (Å²) < 4.78 is 0. The molecule has 0 heterocycles. The summed E-state index contributed by atoms with van der Waals surface area (Å²) in [6, 6.07) is 19.7. The monoisotopic (exact) mass is 401 g/mol. The quantitative estimate of drug-likeness (QED) is 0.576. The maximum Gasteiger partial charge on any atom is 0.247 e. The van der Waals surface area contributed by atoms with Crippen LogP contribution < -0.4 is 5.48 Å². The Morgan fingerprint density at radius 1 is 1.00 bits per heavy atom. The number of carbonyl (C=O) groups is 2. The number of thioether (sulfide) groups is 1. The Morgan fingerprint density at radius 2 is 1.57 bits per heavy atom. The Kier molecular flexibility index (Phi) is 11.9. The van der Waals surface area contributed by atoms with Crippen LogP contribution in [0.5, 0.6) is 0 Å². The molecule has 0 bridgehead atoms. The molecule has 4 nitrogen and oxygen atoms in total. The van der Waals surface area contributed by atoms with Gasteiger partial charge >= 0.3 is 0 Å². The fraction of sp³-hybridized carbons (Fsp3) is 0.391. The molecule has 0 fully saturated rings. The molecule has 1 amide bonds. The van der Waals surface area contributed by atoms with Crippen molar-refractivity contribution in [3.63, 3.8) is 0 Å². The summed E-state index contributed by atoms with van der Waals surface area (Å²) in [4.78, 5) is 29.2. The van der Waals surface area contributed by atoms with E-state index in [1.807, 2.05) is 62.4 Å². The zero-order valence-electron chi connectivity index (χ0n) is 17.2. The van der Waals surface area contributed by atoms with Crippen molar-refractivity contribution in [3.05, 3.63) is 71.8 Å². The lowest BCUT2D eigenvalue weighted by Crippen LogP contribution is -2.33. The van der Waals surface area contributed by atoms with Crippen LogP contribution in [-0.4, -0.2) is 16.8 Å². The highest BCUT2D eigenvalue weighted by Crippen LogP contribution is 2.26. The highest BCUT2D eigenvalue weighted by Gasteiger charge is 2.23. The van der Waals surface area contributed by atoms with E-state index in [0.717, 1.165) is 5.56 Å². The van der Waals surface area contributed by atoms with Gasteiger partial charge in [0.1, 0.15) is 0 Å². The van der Waals surface area contributed by atoms with Gasteiger partial charge in [0.15, 0.2) is 5.12 Å². The SMILES string of the molecule is CC.CC(=O)SCC(CC(C)c1ccccc1)C(=O)NOCc1ccccc1. The Labute approximate surface area is 173 Å². The van der Waals surface area contributed by atoms with Gasteiger partial charge < -0.3 is 0 Å². The summed E-state index contributed by atoms with van der Waals surface area (Å²) in [5, 5.41) is 0.0142. The largest absolute Gasteiger partial charge is 0.288 e. The molecule has 0 spiro atoms. The van der Waals surface area contributed by atoms with Crippen LogP contribution in [0.4, 0.5) is 0 Å². The molecule has 2 rings (SSSR count). The molecule has 0 aliphatic carbocycles. The van der Waals surface area contributed by atoms with Crippen LogP contribution in [0, 0.1) is 5.92 Å². The van der Waals surface area contributed by atoms with Gasteiger partial charge in [-0.25, -0.2) is 5.48 Å². The van der Waals surface area contributed by atoms with Gasteiger partial charge in [0.05, 0.1) is 12.5 Å². The zero-order valence-corrected chi connectivity index (χ0v) is 18.0. The van der Waals surface area contributed by atoms with Gasteiger partial charge in [-0.1, -0.05) is 93.2 Å². The Morgan fingerprint density at radius 3 is 2.14 bits per heavy atom. The van der Waals surface area contributed by atoms with Crippen molar-refractivity contribution in [2.45, 2.75) is 46.6 Å².